The standard InChI is InChI=1S/C14H17N3OS/c1-3-4-8-17(2)14(18)12-10-19-13(16-12)11-6-5-7-15-9-11/h5-7,9-10H,3-4,8H2,1-2H3. The molecule has 1 amide bonds. The number of unbranched alkanes of at least 4 members (excludes halogenated alkanes) is 1. The lowest BCUT2D eigenvalue weighted by atomic mass is 10.3. The van der Waals surface area contributed by atoms with E-state index in [1.54, 1.807) is 17.3 Å². The molecule has 4 nitrogen and oxygen atoms in total. The molecule has 0 atom stereocenters. The smallest absolute Gasteiger partial charge is 0.273 e. The Balaban J connectivity index is 2.11. The monoisotopic (exact) mass is 275 g/mol. The van der Waals surface area contributed by atoms with Gasteiger partial charge in [0.1, 0.15) is 10.7 Å². The number of pyridine rings is 1. The van der Waals surface area contributed by atoms with Gasteiger partial charge in [-0.1, -0.05) is 13.3 Å². The summed E-state index contributed by atoms with van der Waals surface area (Å²) in [7, 11) is 1.82. The molecule has 5 heteroatoms. The van der Waals surface area contributed by atoms with Crippen LogP contribution in [0.4, 0.5) is 0 Å². The molecule has 2 heterocycles. The van der Waals surface area contributed by atoms with Crippen molar-refractivity contribution in [2.24, 2.45) is 0 Å². The Morgan fingerprint density at radius 2 is 2.32 bits per heavy atom. The van der Waals surface area contributed by atoms with E-state index in [0.717, 1.165) is 30.0 Å². The van der Waals surface area contributed by atoms with Gasteiger partial charge in [0.15, 0.2) is 0 Å². The Bertz CT molecular complexity index is 539. The van der Waals surface area contributed by atoms with Crippen molar-refractivity contribution in [1.82, 2.24) is 14.9 Å². The van der Waals surface area contributed by atoms with E-state index in [2.05, 4.69) is 16.9 Å². The summed E-state index contributed by atoms with van der Waals surface area (Å²) in [5.41, 5.74) is 1.46. The van der Waals surface area contributed by atoms with Gasteiger partial charge in [0.2, 0.25) is 0 Å². The molecule has 0 fully saturated rings. The lowest BCUT2D eigenvalue weighted by molar-refractivity contribution is 0.0788. The fraction of sp³-hybridized carbons (Fsp3) is 0.357. The molecule has 0 spiro atoms. The van der Waals surface area contributed by atoms with Gasteiger partial charge >= 0.3 is 0 Å². The molecule has 0 aliphatic rings. The van der Waals surface area contributed by atoms with Crippen LogP contribution in [-0.4, -0.2) is 34.4 Å². The summed E-state index contributed by atoms with van der Waals surface area (Å²) >= 11 is 1.47. The summed E-state index contributed by atoms with van der Waals surface area (Å²) in [6.07, 6.45) is 5.58. The fourth-order valence-electron chi connectivity index (χ4n) is 1.69. The highest BCUT2D eigenvalue weighted by molar-refractivity contribution is 7.13. The molecule has 100 valence electrons. The first-order valence-electron chi connectivity index (χ1n) is 6.33. The molecule has 0 saturated carbocycles. The van der Waals surface area contributed by atoms with E-state index < -0.39 is 0 Å². The van der Waals surface area contributed by atoms with Crippen LogP contribution in [0.1, 0.15) is 30.3 Å². The average Bonchev–Trinajstić information content (AvgIpc) is 2.94. The van der Waals surface area contributed by atoms with E-state index >= 15 is 0 Å². The molecular weight excluding hydrogens is 258 g/mol. The summed E-state index contributed by atoms with van der Waals surface area (Å²) in [4.78, 5) is 22.3. The van der Waals surface area contributed by atoms with Crippen LogP contribution in [0.5, 0.6) is 0 Å². The lowest BCUT2D eigenvalue weighted by Gasteiger charge is -2.14. The molecule has 2 rings (SSSR count). The number of hydrogen-bond donors (Lipinski definition) is 0. The zero-order valence-electron chi connectivity index (χ0n) is 11.2. The normalized spacial score (nSPS) is 10.4. The number of hydrogen-bond acceptors (Lipinski definition) is 4. The van der Waals surface area contributed by atoms with E-state index in [0.29, 0.717) is 5.69 Å². The maximum atomic E-state index is 12.1. The van der Waals surface area contributed by atoms with E-state index in [4.69, 9.17) is 0 Å². The number of rotatable bonds is 5. The topological polar surface area (TPSA) is 46.1 Å². The molecule has 0 unspecified atom stereocenters. The number of amides is 1. The summed E-state index contributed by atoms with van der Waals surface area (Å²) in [6.45, 7) is 2.89. The van der Waals surface area contributed by atoms with Gasteiger partial charge in [-0.3, -0.25) is 9.78 Å². The Morgan fingerprint density at radius 1 is 1.47 bits per heavy atom. The summed E-state index contributed by atoms with van der Waals surface area (Å²) < 4.78 is 0. The van der Waals surface area contributed by atoms with Gasteiger partial charge in [-0.05, 0) is 18.6 Å². The minimum atomic E-state index is -0.0140. The molecule has 0 bridgehead atoms. The molecule has 0 saturated heterocycles. The van der Waals surface area contributed by atoms with E-state index in [9.17, 15) is 4.79 Å². The summed E-state index contributed by atoms with van der Waals surface area (Å²) in [6, 6.07) is 3.81. The van der Waals surface area contributed by atoms with Crippen LogP contribution < -0.4 is 0 Å². The number of carbonyl (C=O) groups is 1. The zero-order valence-corrected chi connectivity index (χ0v) is 12.0. The van der Waals surface area contributed by atoms with Gasteiger partial charge in [0.05, 0.1) is 0 Å². The predicted molar refractivity (Wildman–Crippen MR) is 77.2 cm³/mol. The van der Waals surface area contributed by atoms with Gasteiger partial charge < -0.3 is 4.90 Å². The Kier molecular flexibility index (Phi) is 4.63. The molecule has 0 radical (unpaired) electrons. The van der Waals surface area contributed by atoms with Gasteiger partial charge in [0, 0.05) is 36.9 Å². The number of aromatic nitrogens is 2. The SMILES string of the molecule is CCCCN(C)C(=O)c1csc(-c2cccnc2)n1. The van der Waals surface area contributed by atoms with E-state index in [1.807, 2.05) is 24.6 Å². The van der Waals surface area contributed by atoms with Gasteiger partial charge in [0.25, 0.3) is 5.91 Å². The van der Waals surface area contributed by atoms with Crippen molar-refractivity contribution in [3.8, 4) is 10.6 Å². The maximum Gasteiger partial charge on any atom is 0.273 e. The van der Waals surface area contributed by atoms with Crippen LogP contribution in [0.25, 0.3) is 10.6 Å². The minimum Gasteiger partial charge on any atom is -0.340 e. The van der Waals surface area contributed by atoms with Crippen molar-refractivity contribution in [1.29, 1.82) is 0 Å². The summed E-state index contributed by atoms with van der Waals surface area (Å²) in [5.74, 6) is -0.0140. The van der Waals surface area contributed by atoms with Crippen LogP contribution in [0.15, 0.2) is 29.9 Å². The van der Waals surface area contributed by atoms with Crippen molar-refractivity contribution in [2.75, 3.05) is 13.6 Å². The number of thiazole rings is 1. The van der Waals surface area contributed by atoms with Crippen molar-refractivity contribution < 1.29 is 4.79 Å². The second-order valence-electron chi connectivity index (χ2n) is 4.36. The third kappa shape index (κ3) is 3.38. The van der Waals surface area contributed by atoms with Crippen molar-refractivity contribution >= 4 is 17.2 Å². The molecule has 0 aromatic carbocycles. The second kappa shape index (κ2) is 6.43. The third-order valence-corrected chi connectivity index (χ3v) is 3.72. The van der Waals surface area contributed by atoms with Crippen LogP contribution in [-0.2, 0) is 0 Å². The maximum absolute atomic E-state index is 12.1. The second-order valence-corrected chi connectivity index (χ2v) is 5.22. The first-order chi connectivity index (χ1) is 9.22. The summed E-state index contributed by atoms with van der Waals surface area (Å²) in [5, 5.41) is 2.65. The van der Waals surface area contributed by atoms with Crippen molar-refractivity contribution in [2.45, 2.75) is 19.8 Å². The highest BCUT2D eigenvalue weighted by atomic mass is 32.1. The van der Waals surface area contributed by atoms with E-state index in [1.165, 1.54) is 11.3 Å². The largest absolute Gasteiger partial charge is 0.340 e. The molecule has 2 aromatic heterocycles. The zero-order chi connectivity index (χ0) is 13.7. The average molecular weight is 275 g/mol. The first-order valence-corrected chi connectivity index (χ1v) is 7.21. The molecular formula is C14H17N3OS. The quantitative estimate of drug-likeness (QED) is 0.842. The van der Waals surface area contributed by atoms with Crippen LogP contribution >= 0.6 is 11.3 Å². The number of nitrogens with zero attached hydrogens (tertiary/aromatic N) is 3. The fourth-order valence-corrected chi connectivity index (χ4v) is 2.47. The molecule has 0 aliphatic heterocycles. The minimum absolute atomic E-state index is 0.0140. The van der Waals surface area contributed by atoms with Crippen molar-refractivity contribution in [3.05, 3.63) is 35.6 Å². The molecule has 19 heavy (non-hydrogen) atoms. The Morgan fingerprint density at radius 3 is 3.00 bits per heavy atom. The third-order valence-electron chi connectivity index (χ3n) is 2.83. The molecule has 0 N–H and O–H groups in total. The van der Waals surface area contributed by atoms with Crippen molar-refractivity contribution in [3.63, 3.8) is 0 Å². The first kappa shape index (κ1) is 13.7. The van der Waals surface area contributed by atoms with Gasteiger partial charge in [-0.15, -0.1) is 11.3 Å². The highest BCUT2D eigenvalue weighted by Crippen LogP contribution is 2.23. The van der Waals surface area contributed by atoms with E-state index in [-0.39, 0.29) is 5.91 Å². The van der Waals surface area contributed by atoms with Crippen LogP contribution in [0, 0.1) is 0 Å². The Labute approximate surface area is 117 Å². The van der Waals surface area contributed by atoms with Crippen LogP contribution in [0.3, 0.4) is 0 Å². The van der Waals surface area contributed by atoms with Gasteiger partial charge in [-0.25, -0.2) is 4.98 Å². The van der Waals surface area contributed by atoms with Gasteiger partial charge in [-0.2, -0.15) is 0 Å². The lowest BCUT2D eigenvalue weighted by Crippen LogP contribution is -2.27. The predicted octanol–water partition coefficient (Wildman–Crippen LogP) is 3.08. The molecule has 2 aromatic rings. The molecule has 0 aliphatic carbocycles. The highest BCUT2D eigenvalue weighted by Gasteiger charge is 2.15. The van der Waals surface area contributed by atoms with Crippen LogP contribution in [0.2, 0.25) is 0 Å². The Hall–Kier alpha value is -1.75. The number of carbonyl (C=O) groups excluding carboxylic acids is 1.